The van der Waals surface area contributed by atoms with Crippen LogP contribution in [-0.2, 0) is 9.53 Å². The lowest BCUT2D eigenvalue weighted by atomic mass is 10.1. The molecule has 2 rings (SSSR count). The van der Waals surface area contributed by atoms with E-state index in [2.05, 4.69) is 10.6 Å². The molecule has 14 heavy (non-hydrogen) atoms. The van der Waals surface area contributed by atoms with E-state index in [4.69, 9.17) is 4.74 Å². The minimum absolute atomic E-state index is 0.128. The van der Waals surface area contributed by atoms with Crippen molar-refractivity contribution in [3.8, 4) is 0 Å². The summed E-state index contributed by atoms with van der Waals surface area (Å²) in [6.45, 7) is 3.28. The van der Waals surface area contributed by atoms with Crippen LogP contribution >= 0.6 is 0 Å². The van der Waals surface area contributed by atoms with Gasteiger partial charge in [-0.05, 0) is 7.05 Å². The molecule has 1 N–H and O–H groups in total. The van der Waals surface area contributed by atoms with Crippen LogP contribution in [0.15, 0.2) is 0 Å². The fraction of sp³-hybridized carbons (Fsp3) is 0.889. The van der Waals surface area contributed by atoms with Gasteiger partial charge in [0, 0.05) is 26.2 Å². The van der Waals surface area contributed by atoms with Crippen molar-refractivity contribution in [2.24, 2.45) is 0 Å². The van der Waals surface area contributed by atoms with Crippen molar-refractivity contribution in [3.05, 3.63) is 0 Å². The van der Waals surface area contributed by atoms with Crippen LogP contribution in [0, 0.1) is 0 Å². The van der Waals surface area contributed by atoms with Gasteiger partial charge in [0.1, 0.15) is 0 Å². The summed E-state index contributed by atoms with van der Waals surface area (Å²) >= 11 is 0. The number of fused-ring (bicyclic) bond motifs is 2. The molecule has 79 valence electrons. The van der Waals surface area contributed by atoms with E-state index >= 15 is 0 Å². The Morgan fingerprint density at radius 2 is 2.14 bits per heavy atom. The van der Waals surface area contributed by atoms with E-state index in [1.807, 2.05) is 4.90 Å². The van der Waals surface area contributed by atoms with Crippen LogP contribution in [0.25, 0.3) is 0 Å². The standard InChI is InChI=1S/C9H16N3O2/c1-10-4-9(13)12-5-7-2-11-3-8(6-12)14-7/h7-8,10H,2-6H2,1H3. The maximum atomic E-state index is 11.6. The molecule has 0 saturated carbocycles. The molecule has 2 heterocycles. The Hall–Kier alpha value is -0.650. The van der Waals surface area contributed by atoms with E-state index in [9.17, 15) is 4.79 Å². The van der Waals surface area contributed by atoms with Crippen LogP contribution < -0.4 is 10.6 Å². The van der Waals surface area contributed by atoms with Crippen LogP contribution in [0.5, 0.6) is 0 Å². The predicted octanol–water partition coefficient (Wildman–Crippen LogP) is -1.58. The zero-order valence-corrected chi connectivity index (χ0v) is 8.40. The third-order valence-electron chi connectivity index (χ3n) is 2.58. The van der Waals surface area contributed by atoms with Gasteiger partial charge >= 0.3 is 0 Å². The number of amides is 1. The fourth-order valence-electron chi connectivity index (χ4n) is 1.96. The molecule has 2 aliphatic rings. The Bertz CT molecular complexity index is 210. The van der Waals surface area contributed by atoms with Gasteiger partial charge in [0.05, 0.1) is 18.8 Å². The lowest BCUT2D eigenvalue weighted by Crippen LogP contribution is -2.58. The van der Waals surface area contributed by atoms with Crippen LogP contribution in [0.1, 0.15) is 0 Å². The van der Waals surface area contributed by atoms with Gasteiger partial charge in [-0.25, -0.2) is 5.32 Å². The number of likely N-dealkylation sites (N-methyl/N-ethyl adjacent to an activating group) is 1. The quantitative estimate of drug-likeness (QED) is 0.582. The summed E-state index contributed by atoms with van der Waals surface area (Å²) in [5, 5.41) is 7.20. The second-order valence-electron chi connectivity index (χ2n) is 3.80. The number of carbonyl (C=O) groups is 1. The lowest BCUT2D eigenvalue weighted by molar-refractivity contribution is -0.148. The van der Waals surface area contributed by atoms with Crippen molar-refractivity contribution in [2.75, 3.05) is 39.8 Å². The molecule has 2 saturated heterocycles. The molecule has 0 aliphatic carbocycles. The average molecular weight is 198 g/mol. The summed E-state index contributed by atoms with van der Waals surface area (Å²) in [6.07, 6.45) is 0.256. The number of morpholine rings is 2. The van der Waals surface area contributed by atoms with Crippen LogP contribution in [0.2, 0.25) is 0 Å². The Balaban J connectivity index is 1.91. The molecular formula is C9H16N3O2. The fourth-order valence-corrected chi connectivity index (χ4v) is 1.96. The van der Waals surface area contributed by atoms with Gasteiger partial charge in [0.15, 0.2) is 0 Å². The molecule has 1 amide bonds. The Morgan fingerprint density at radius 3 is 2.71 bits per heavy atom. The number of rotatable bonds is 2. The van der Waals surface area contributed by atoms with Gasteiger partial charge in [-0.2, -0.15) is 0 Å². The summed E-state index contributed by atoms with van der Waals surface area (Å²) in [5.74, 6) is 0.160. The molecule has 0 spiro atoms. The molecule has 2 fully saturated rings. The van der Waals surface area contributed by atoms with E-state index < -0.39 is 0 Å². The highest BCUT2D eigenvalue weighted by Crippen LogP contribution is 2.14. The average Bonchev–Trinajstić information content (AvgIpc) is 2.17. The largest absolute Gasteiger partial charge is 0.369 e. The first kappa shape index (κ1) is 9.89. The third-order valence-corrected chi connectivity index (χ3v) is 2.58. The number of hydrogen-bond acceptors (Lipinski definition) is 3. The van der Waals surface area contributed by atoms with E-state index in [1.165, 1.54) is 0 Å². The molecule has 0 aromatic rings. The SMILES string of the molecule is CNCC(=O)N1CC2C[N]CC(C1)O2. The molecule has 1 radical (unpaired) electrons. The second kappa shape index (κ2) is 4.25. The Labute approximate surface area is 83.8 Å². The molecule has 2 bridgehead atoms. The molecule has 5 heteroatoms. The molecule has 2 atom stereocenters. The zero-order chi connectivity index (χ0) is 9.97. The highest BCUT2D eigenvalue weighted by atomic mass is 16.5. The first-order valence-electron chi connectivity index (χ1n) is 5.00. The van der Waals surface area contributed by atoms with Crippen molar-refractivity contribution in [1.29, 1.82) is 0 Å². The molecule has 0 aromatic heterocycles. The molecule has 0 aromatic carbocycles. The van der Waals surface area contributed by atoms with E-state index in [-0.39, 0.29) is 18.1 Å². The summed E-state index contributed by atoms with van der Waals surface area (Å²) in [6, 6.07) is 0. The summed E-state index contributed by atoms with van der Waals surface area (Å²) in [4.78, 5) is 13.5. The van der Waals surface area contributed by atoms with E-state index in [1.54, 1.807) is 7.05 Å². The third kappa shape index (κ3) is 2.05. The number of nitrogens with zero attached hydrogens (tertiary/aromatic N) is 2. The lowest BCUT2D eigenvalue weighted by Gasteiger charge is -2.41. The molecule has 2 unspecified atom stereocenters. The number of ether oxygens (including phenoxy) is 1. The van der Waals surface area contributed by atoms with Gasteiger partial charge in [0.25, 0.3) is 0 Å². The molecule has 2 aliphatic heterocycles. The first-order chi connectivity index (χ1) is 6.79. The maximum absolute atomic E-state index is 11.6. The minimum atomic E-state index is 0.128. The Morgan fingerprint density at radius 1 is 1.50 bits per heavy atom. The van der Waals surface area contributed by atoms with Crippen LogP contribution in [0.4, 0.5) is 0 Å². The number of carbonyl (C=O) groups excluding carboxylic acids is 1. The maximum Gasteiger partial charge on any atom is 0.236 e. The smallest absolute Gasteiger partial charge is 0.236 e. The van der Waals surface area contributed by atoms with Crippen molar-refractivity contribution >= 4 is 5.91 Å². The van der Waals surface area contributed by atoms with Crippen molar-refractivity contribution in [1.82, 2.24) is 15.5 Å². The number of nitrogens with one attached hydrogen (secondary N) is 1. The monoisotopic (exact) mass is 198 g/mol. The summed E-state index contributed by atoms with van der Waals surface area (Å²) in [7, 11) is 1.79. The van der Waals surface area contributed by atoms with Crippen LogP contribution in [0.3, 0.4) is 0 Å². The molecular weight excluding hydrogens is 182 g/mol. The van der Waals surface area contributed by atoms with E-state index in [0.29, 0.717) is 19.6 Å². The normalized spacial score (nSPS) is 31.6. The first-order valence-corrected chi connectivity index (χ1v) is 5.00. The number of hydrogen-bond donors (Lipinski definition) is 1. The zero-order valence-electron chi connectivity index (χ0n) is 8.40. The van der Waals surface area contributed by atoms with Gasteiger partial charge in [-0.15, -0.1) is 0 Å². The highest BCUT2D eigenvalue weighted by molar-refractivity contribution is 5.78. The summed E-state index contributed by atoms with van der Waals surface area (Å²) in [5.41, 5.74) is 0. The topological polar surface area (TPSA) is 55.7 Å². The van der Waals surface area contributed by atoms with Gasteiger partial charge in [-0.3, -0.25) is 4.79 Å². The van der Waals surface area contributed by atoms with Crippen molar-refractivity contribution < 1.29 is 9.53 Å². The van der Waals surface area contributed by atoms with Crippen molar-refractivity contribution in [2.45, 2.75) is 12.2 Å². The minimum Gasteiger partial charge on any atom is -0.369 e. The van der Waals surface area contributed by atoms with Crippen LogP contribution in [-0.4, -0.2) is 62.8 Å². The van der Waals surface area contributed by atoms with Gasteiger partial charge < -0.3 is 15.0 Å². The van der Waals surface area contributed by atoms with Gasteiger partial charge in [0.2, 0.25) is 5.91 Å². The predicted molar refractivity (Wildman–Crippen MR) is 51.0 cm³/mol. The van der Waals surface area contributed by atoms with E-state index in [0.717, 1.165) is 13.1 Å². The van der Waals surface area contributed by atoms with Crippen molar-refractivity contribution in [3.63, 3.8) is 0 Å². The highest BCUT2D eigenvalue weighted by Gasteiger charge is 2.33. The van der Waals surface area contributed by atoms with Gasteiger partial charge in [-0.1, -0.05) is 0 Å². The molecule has 5 nitrogen and oxygen atoms in total. The second-order valence-corrected chi connectivity index (χ2v) is 3.80. The summed E-state index contributed by atoms with van der Waals surface area (Å²) < 4.78 is 5.67. The Kier molecular flexibility index (Phi) is 3.00.